The monoisotopic (exact) mass is 296 g/mol. The van der Waals surface area contributed by atoms with Crippen molar-refractivity contribution in [2.75, 3.05) is 0 Å². The van der Waals surface area contributed by atoms with E-state index in [1.165, 1.54) is 12.1 Å². The number of hydrogen-bond acceptors (Lipinski definition) is 1. The maximum Gasteiger partial charge on any atom is 0.268 e. The smallest absolute Gasteiger partial charge is 0.268 e. The Morgan fingerprint density at radius 2 is 1.91 bits per heavy atom. The first-order valence-electron chi connectivity index (χ1n) is 7.20. The van der Waals surface area contributed by atoms with Gasteiger partial charge in [-0.05, 0) is 43.2 Å². The highest BCUT2D eigenvalue weighted by Crippen LogP contribution is 2.23. The summed E-state index contributed by atoms with van der Waals surface area (Å²) in [6, 6.07) is 14.1. The molecule has 0 fully saturated rings. The van der Waals surface area contributed by atoms with Crippen LogP contribution in [0.4, 0.5) is 4.39 Å². The number of halogens is 1. The molecule has 0 saturated carbocycles. The molecule has 1 unspecified atom stereocenters. The van der Waals surface area contributed by atoms with Gasteiger partial charge in [-0.1, -0.05) is 30.3 Å². The molecule has 0 aliphatic carbocycles. The molecule has 22 heavy (non-hydrogen) atoms. The minimum absolute atomic E-state index is 0.101. The highest BCUT2D eigenvalue weighted by Gasteiger charge is 2.17. The fourth-order valence-electron chi connectivity index (χ4n) is 2.62. The van der Waals surface area contributed by atoms with Crippen molar-refractivity contribution in [1.82, 2.24) is 10.3 Å². The number of fused-ring (bicyclic) bond motifs is 1. The van der Waals surface area contributed by atoms with Crippen molar-refractivity contribution in [1.29, 1.82) is 0 Å². The number of benzene rings is 2. The second-order valence-electron chi connectivity index (χ2n) is 5.42. The van der Waals surface area contributed by atoms with Gasteiger partial charge in [-0.3, -0.25) is 4.79 Å². The van der Waals surface area contributed by atoms with Gasteiger partial charge >= 0.3 is 0 Å². The maximum absolute atomic E-state index is 13.3. The molecular weight excluding hydrogens is 279 g/mol. The Morgan fingerprint density at radius 3 is 2.64 bits per heavy atom. The number of amides is 1. The summed E-state index contributed by atoms with van der Waals surface area (Å²) in [5, 5.41) is 3.70. The lowest BCUT2D eigenvalue weighted by molar-refractivity contribution is 0.0935. The van der Waals surface area contributed by atoms with Crippen LogP contribution in [0.1, 0.15) is 34.6 Å². The molecule has 0 bridgehead atoms. The third kappa shape index (κ3) is 2.60. The normalized spacial score (nSPS) is 12.3. The van der Waals surface area contributed by atoms with E-state index in [1.807, 2.05) is 44.2 Å². The Balaban J connectivity index is 1.88. The molecule has 0 aliphatic rings. The molecule has 1 heterocycles. The van der Waals surface area contributed by atoms with Crippen LogP contribution in [0.3, 0.4) is 0 Å². The fraction of sp³-hybridized carbons (Fsp3) is 0.167. The molecule has 0 aliphatic heterocycles. The van der Waals surface area contributed by atoms with Crippen molar-refractivity contribution in [3.05, 3.63) is 71.2 Å². The summed E-state index contributed by atoms with van der Waals surface area (Å²) < 4.78 is 13.3. The largest absolute Gasteiger partial charge is 0.350 e. The molecule has 0 saturated heterocycles. The topological polar surface area (TPSA) is 44.9 Å². The molecule has 2 N–H and O–H groups in total. The van der Waals surface area contributed by atoms with Crippen molar-refractivity contribution in [2.24, 2.45) is 0 Å². The second-order valence-corrected chi connectivity index (χ2v) is 5.42. The summed E-state index contributed by atoms with van der Waals surface area (Å²) in [6.07, 6.45) is 0. The summed E-state index contributed by atoms with van der Waals surface area (Å²) in [7, 11) is 0. The van der Waals surface area contributed by atoms with Crippen LogP contribution in [0.25, 0.3) is 10.9 Å². The van der Waals surface area contributed by atoms with E-state index in [0.29, 0.717) is 5.69 Å². The van der Waals surface area contributed by atoms with E-state index in [4.69, 9.17) is 0 Å². The molecule has 0 radical (unpaired) electrons. The van der Waals surface area contributed by atoms with E-state index in [2.05, 4.69) is 10.3 Å². The van der Waals surface area contributed by atoms with E-state index >= 15 is 0 Å². The standard InChI is InChI=1S/C18H17FN2O/c1-11-15-10-14(19)8-9-16(15)21-17(11)18(22)20-12(2)13-6-4-3-5-7-13/h3-10,12,21H,1-2H3,(H,20,22). The first kappa shape index (κ1) is 14.3. The van der Waals surface area contributed by atoms with E-state index < -0.39 is 0 Å². The van der Waals surface area contributed by atoms with E-state index in [-0.39, 0.29) is 17.8 Å². The number of carbonyl (C=O) groups is 1. The first-order valence-corrected chi connectivity index (χ1v) is 7.20. The highest BCUT2D eigenvalue weighted by molar-refractivity contribution is 6.01. The van der Waals surface area contributed by atoms with Crippen LogP contribution in [-0.2, 0) is 0 Å². The molecule has 3 aromatic rings. The number of aromatic nitrogens is 1. The van der Waals surface area contributed by atoms with Crippen molar-refractivity contribution in [2.45, 2.75) is 19.9 Å². The molecule has 0 spiro atoms. The number of H-pyrrole nitrogens is 1. The van der Waals surface area contributed by atoms with Crippen LogP contribution in [0, 0.1) is 12.7 Å². The number of carbonyl (C=O) groups excluding carboxylic acids is 1. The Hall–Kier alpha value is -2.62. The summed E-state index contributed by atoms with van der Waals surface area (Å²) in [4.78, 5) is 15.5. The van der Waals surface area contributed by atoms with Crippen LogP contribution < -0.4 is 5.32 Å². The van der Waals surface area contributed by atoms with Crippen LogP contribution in [-0.4, -0.2) is 10.9 Å². The molecule has 3 nitrogen and oxygen atoms in total. The van der Waals surface area contributed by atoms with Crippen LogP contribution in [0.15, 0.2) is 48.5 Å². The predicted molar refractivity (Wildman–Crippen MR) is 85.3 cm³/mol. The Labute approximate surface area is 128 Å². The lowest BCUT2D eigenvalue weighted by atomic mass is 10.1. The van der Waals surface area contributed by atoms with Crippen molar-refractivity contribution < 1.29 is 9.18 Å². The highest BCUT2D eigenvalue weighted by atomic mass is 19.1. The SMILES string of the molecule is Cc1c(C(=O)NC(C)c2ccccc2)[nH]c2ccc(F)cc12. The quantitative estimate of drug-likeness (QED) is 0.750. The number of nitrogens with one attached hydrogen (secondary N) is 2. The summed E-state index contributed by atoms with van der Waals surface area (Å²) >= 11 is 0. The predicted octanol–water partition coefficient (Wildman–Crippen LogP) is 4.11. The number of hydrogen-bond donors (Lipinski definition) is 2. The molecule has 1 aromatic heterocycles. The van der Waals surface area contributed by atoms with Gasteiger partial charge < -0.3 is 10.3 Å². The van der Waals surface area contributed by atoms with Gasteiger partial charge in [0, 0.05) is 10.9 Å². The lowest BCUT2D eigenvalue weighted by Gasteiger charge is -2.14. The van der Waals surface area contributed by atoms with Crippen molar-refractivity contribution in [3.63, 3.8) is 0 Å². The van der Waals surface area contributed by atoms with Crippen LogP contribution in [0.5, 0.6) is 0 Å². The lowest BCUT2D eigenvalue weighted by Crippen LogP contribution is -2.27. The van der Waals surface area contributed by atoms with Crippen LogP contribution in [0.2, 0.25) is 0 Å². The number of rotatable bonds is 3. The molecule has 112 valence electrons. The average Bonchev–Trinajstić information content (AvgIpc) is 2.85. The number of aryl methyl sites for hydroxylation is 1. The Morgan fingerprint density at radius 1 is 1.18 bits per heavy atom. The van der Waals surface area contributed by atoms with E-state index in [0.717, 1.165) is 22.0 Å². The minimum atomic E-state index is -0.306. The maximum atomic E-state index is 13.3. The van der Waals surface area contributed by atoms with Gasteiger partial charge in [-0.2, -0.15) is 0 Å². The molecule has 2 aromatic carbocycles. The minimum Gasteiger partial charge on any atom is -0.350 e. The number of aromatic amines is 1. The zero-order chi connectivity index (χ0) is 15.7. The molecule has 3 rings (SSSR count). The first-order chi connectivity index (χ1) is 10.6. The van der Waals surface area contributed by atoms with Gasteiger partial charge in [-0.25, -0.2) is 4.39 Å². The third-order valence-electron chi connectivity index (χ3n) is 3.89. The molecular formula is C18H17FN2O. The third-order valence-corrected chi connectivity index (χ3v) is 3.89. The van der Waals surface area contributed by atoms with Gasteiger partial charge in [0.25, 0.3) is 5.91 Å². The molecule has 4 heteroatoms. The Bertz CT molecular complexity index is 824. The summed E-state index contributed by atoms with van der Waals surface area (Å²) in [5.74, 6) is -0.496. The van der Waals surface area contributed by atoms with Gasteiger partial charge in [0.1, 0.15) is 11.5 Å². The zero-order valence-corrected chi connectivity index (χ0v) is 12.5. The fourth-order valence-corrected chi connectivity index (χ4v) is 2.62. The molecule has 1 atom stereocenters. The average molecular weight is 296 g/mol. The van der Waals surface area contributed by atoms with Crippen molar-refractivity contribution in [3.8, 4) is 0 Å². The van der Waals surface area contributed by atoms with E-state index in [9.17, 15) is 9.18 Å². The second kappa shape index (κ2) is 5.64. The van der Waals surface area contributed by atoms with Gasteiger partial charge in [0.2, 0.25) is 0 Å². The zero-order valence-electron chi connectivity index (χ0n) is 12.5. The summed E-state index contributed by atoms with van der Waals surface area (Å²) in [5.41, 5.74) is 3.03. The van der Waals surface area contributed by atoms with Crippen LogP contribution >= 0.6 is 0 Å². The van der Waals surface area contributed by atoms with Gasteiger partial charge in [0.05, 0.1) is 6.04 Å². The van der Waals surface area contributed by atoms with Gasteiger partial charge in [-0.15, -0.1) is 0 Å². The van der Waals surface area contributed by atoms with Gasteiger partial charge in [0.15, 0.2) is 0 Å². The molecule has 1 amide bonds. The Kier molecular flexibility index (Phi) is 3.67. The van der Waals surface area contributed by atoms with Crippen molar-refractivity contribution >= 4 is 16.8 Å². The van der Waals surface area contributed by atoms with E-state index in [1.54, 1.807) is 6.07 Å². The summed E-state index contributed by atoms with van der Waals surface area (Å²) in [6.45, 7) is 3.76.